The average Bonchev–Trinajstić information content (AvgIpc) is 2.81. The summed E-state index contributed by atoms with van der Waals surface area (Å²) in [5.74, 6) is -0.793. The Morgan fingerprint density at radius 3 is 2.59 bits per heavy atom. The standard InChI is InChI=1S/C23H19BrF2N4O2/c24-14-5-7-20(27-9-14)32-19-8-13-4-6-18(19)30(12-13)23(31)16-2-1-3-17(26)21(16)22-28-10-15(25)11-29-22/h1-3,5,7,9-11,13,18-19H,4,6,8,12H2/t13-,18+,19-/m1/s1. The van der Waals surface area contributed by atoms with Crippen molar-refractivity contribution < 1.29 is 18.3 Å². The molecule has 164 valence electrons. The zero-order chi connectivity index (χ0) is 22.2. The van der Waals surface area contributed by atoms with Crippen molar-refractivity contribution in [2.24, 2.45) is 5.92 Å². The van der Waals surface area contributed by atoms with E-state index in [4.69, 9.17) is 4.74 Å². The number of fused-ring (bicyclic) bond motifs is 3. The van der Waals surface area contributed by atoms with Gasteiger partial charge in [0.15, 0.2) is 11.6 Å². The molecule has 2 saturated heterocycles. The van der Waals surface area contributed by atoms with Crippen LogP contribution in [0.4, 0.5) is 8.78 Å². The van der Waals surface area contributed by atoms with E-state index in [1.807, 2.05) is 6.07 Å². The number of ether oxygens (including phenoxy) is 1. The highest BCUT2D eigenvalue weighted by Crippen LogP contribution is 2.39. The summed E-state index contributed by atoms with van der Waals surface area (Å²) in [5.41, 5.74) is 0.135. The Bertz CT molecular complexity index is 1140. The van der Waals surface area contributed by atoms with Gasteiger partial charge >= 0.3 is 0 Å². The first-order valence-electron chi connectivity index (χ1n) is 10.3. The molecule has 3 atom stereocenters. The fraction of sp³-hybridized carbons (Fsp3) is 0.304. The Morgan fingerprint density at radius 1 is 1.06 bits per heavy atom. The van der Waals surface area contributed by atoms with Crippen molar-refractivity contribution >= 4 is 21.8 Å². The van der Waals surface area contributed by atoms with Gasteiger partial charge in [-0.25, -0.2) is 23.7 Å². The largest absolute Gasteiger partial charge is 0.472 e. The highest BCUT2D eigenvalue weighted by Gasteiger charge is 2.45. The summed E-state index contributed by atoms with van der Waals surface area (Å²) in [5, 5.41) is 0. The summed E-state index contributed by atoms with van der Waals surface area (Å²) in [6.45, 7) is 0.581. The number of hydrogen-bond acceptors (Lipinski definition) is 5. The van der Waals surface area contributed by atoms with Gasteiger partial charge in [0.05, 0.1) is 29.6 Å². The molecule has 2 bridgehead atoms. The van der Waals surface area contributed by atoms with Crippen LogP contribution in [-0.4, -0.2) is 44.4 Å². The minimum atomic E-state index is -0.632. The van der Waals surface area contributed by atoms with Gasteiger partial charge in [0.1, 0.15) is 11.9 Å². The van der Waals surface area contributed by atoms with E-state index >= 15 is 0 Å². The van der Waals surface area contributed by atoms with Crippen molar-refractivity contribution in [3.63, 3.8) is 0 Å². The van der Waals surface area contributed by atoms with E-state index in [0.29, 0.717) is 18.3 Å². The Labute approximate surface area is 191 Å². The molecule has 32 heavy (non-hydrogen) atoms. The van der Waals surface area contributed by atoms with E-state index < -0.39 is 11.6 Å². The first-order valence-corrected chi connectivity index (χ1v) is 11.1. The Hall–Kier alpha value is -2.94. The molecule has 2 aromatic heterocycles. The third-order valence-electron chi connectivity index (χ3n) is 6.04. The minimum absolute atomic E-state index is 0.0222. The number of amides is 1. The van der Waals surface area contributed by atoms with Crippen LogP contribution in [0.15, 0.2) is 53.4 Å². The number of benzene rings is 1. The van der Waals surface area contributed by atoms with Crippen molar-refractivity contribution in [2.75, 3.05) is 6.54 Å². The fourth-order valence-electron chi connectivity index (χ4n) is 4.60. The second-order valence-electron chi connectivity index (χ2n) is 8.06. The predicted octanol–water partition coefficient (Wildman–Crippen LogP) is 4.65. The Morgan fingerprint density at radius 2 is 1.88 bits per heavy atom. The van der Waals surface area contributed by atoms with Crippen LogP contribution in [0.1, 0.15) is 29.6 Å². The molecule has 1 aromatic carbocycles. The molecule has 1 aliphatic carbocycles. The van der Waals surface area contributed by atoms with Crippen LogP contribution in [0, 0.1) is 17.6 Å². The number of rotatable bonds is 4. The molecule has 6 rings (SSSR count). The SMILES string of the molecule is O=C(c1cccc(F)c1-c1ncc(F)cn1)N1C[C@@H]2CC[C@H]1[C@H](Oc1ccc(Br)cn1)C2. The summed E-state index contributed by atoms with van der Waals surface area (Å²) >= 11 is 3.36. The lowest BCUT2D eigenvalue weighted by Gasteiger charge is -2.49. The van der Waals surface area contributed by atoms with Crippen molar-refractivity contribution in [1.29, 1.82) is 0 Å². The van der Waals surface area contributed by atoms with Crippen molar-refractivity contribution in [1.82, 2.24) is 19.9 Å². The zero-order valence-electron chi connectivity index (χ0n) is 16.9. The number of carbonyl (C=O) groups is 1. The van der Waals surface area contributed by atoms with Crippen molar-refractivity contribution in [2.45, 2.75) is 31.4 Å². The van der Waals surface area contributed by atoms with Gasteiger partial charge in [-0.15, -0.1) is 0 Å². The van der Waals surface area contributed by atoms with Crippen molar-refractivity contribution in [3.05, 3.63) is 70.6 Å². The highest BCUT2D eigenvalue weighted by molar-refractivity contribution is 9.10. The molecule has 0 N–H and O–H groups in total. The highest BCUT2D eigenvalue weighted by atomic mass is 79.9. The molecule has 0 spiro atoms. The molecular weight excluding hydrogens is 482 g/mol. The lowest BCUT2D eigenvalue weighted by molar-refractivity contribution is -0.0313. The topological polar surface area (TPSA) is 68.2 Å². The van der Waals surface area contributed by atoms with Gasteiger partial charge in [0.2, 0.25) is 5.88 Å². The Kier molecular flexibility index (Phi) is 5.58. The molecule has 1 saturated carbocycles. The first-order chi connectivity index (χ1) is 15.5. The van der Waals surface area contributed by atoms with Crippen LogP contribution in [0.2, 0.25) is 0 Å². The lowest BCUT2D eigenvalue weighted by Crippen LogP contribution is -2.59. The van der Waals surface area contributed by atoms with Gasteiger partial charge in [0, 0.05) is 23.3 Å². The lowest BCUT2D eigenvalue weighted by atomic mass is 9.77. The second kappa shape index (κ2) is 8.54. The van der Waals surface area contributed by atoms with E-state index in [9.17, 15) is 13.6 Å². The van der Waals surface area contributed by atoms with Gasteiger partial charge in [-0.05, 0) is 59.3 Å². The number of aromatic nitrogens is 3. The van der Waals surface area contributed by atoms with E-state index in [-0.39, 0.29) is 35.0 Å². The van der Waals surface area contributed by atoms with Gasteiger partial charge in [0.25, 0.3) is 5.91 Å². The van der Waals surface area contributed by atoms with Crippen molar-refractivity contribution in [3.8, 4) is 17.3 Å². The summed E-state index contributed by atoms with van der Waals surface area (Å²) < 4.78 is 35.1. The van der Waals surface area contributed by atoms with Gasteiger partial charge in [-0.3, -0.25) is 4.79 Å². The molecular formula is C23H19BrF2N4O2. The number of nitrogens with zero attached hydrogens (tertiary/aromatic N) is 4. The molecule has 2 aliphatic heterocycles. The zero-order valence-corrected chi connectivity index (χ0v) is 18.5. The first kappa shape index (κ1) is 20.9. The van der Waals surface area contributed by atoms with Crippen LogP contribution in [-0.2, 0) is 0 Å². The molecule has 3 aromatic rings. The number of piperidine rings is 2. The molecule has 3 fully saturated rings. The average molecular weight is 501 g/mol. The van der Waals surface area contributed by atoms with Gasteiger partial charge in [-0.1, -0.05) is 6.07 Å². The van der Waals surface area contributed by atoms with Crippen LogP contribution >= 0.6 is 15.9 Å². The van der Waals surface area contributed by atoms with E-state index in [0.717, 1.165) is 36.1 Å². The van der Waals surface area contributed by atoms with E-state index in [1.54, 1.807) is 23.2 Å². The molecule has 1 amide bonds. The normalized spacial score (nSPS) is 22.1. The molecule has 3 aliphatic rings. The summed E-state index contributed by atoms with van der Waals surface area (Å²) in [6, 6.07) is 7.78. The van der Waals surface area contributed by atoms with Crippen LogP contribution in [0.3, 0.4) is 0 Å². The number of halogens is 3. The maximum atomic E-state index is 14.8. The fourth-order valence-corrected chi connectivity index (χ4v) is 4.84. The van der Waals surface area contributed by atoms with Gasteiger partial charge < -0.3 is 9.64 Å². The quantitative estimate of drug-likeness (QED) is 0.521. The van der Waals surface area contributed by atoms with Crippen LogP contribution in [0.25, 0.3) is 11.4 Å². The van der Waals surface area contributed by atoms with E-state index in [2.05, 4.69) is 30.9 Å². The maximum absolute atomic E-state index is 14.8. The Balaban J connectivity index is 1.45. The number of carbonyl (C=O) groups excluding carboxylic acids is 1. The molecule has 0 unspecified atom stereocenters. The van der Waals surface area contributed by atoms with Crippen LogP contribution < -0.4 is 4.74 Å². The second-order valence-corrected chi connectivity index (χ2v) is 8.98. The predicted molar refractivity (Wildman–Crippen MR) is 116 cm³/mol. The molecule has 0 radical (unpaired) electrons. The smallest absolute Gasteiger partial charge is 0.255 e. The van der Waals surface area contributed by atoms with Gasteiger partial charge in [-0.2, -0.15) is 0 Å². The summed E-state index contributed by atoms with van der Waals surface area (Å²) in [7, 11) is 0. The maximum Gasteiger partial charge on any atom is 0.255 e. The van der Waals surface area contributed by atoms with E-state index in [1.165, 1.54) is 12.1 Å². The third kappa shape index (κ3) is 3.97. The third-order valence-corrected chi connectivity index (χ3v) is 6.51. The summed E-state index contributed by atoms with van der Waals surface area (Å²) in [4.78, 5) is 27.4. The molecule has 4 heterocycles. The summed E-state index contributed by atoms with van der Waals surface area (Å²) in [6.07, 6.45) is 6.04. The molecule has 9 heteroatoms. The molecule has 6 nitrogen and oxygen atoms in total. The minimum Gasteiger partial charge on any atom is -0.472 e. The number of hydrogen-bond donors (Lipinski definition) is 0. The monoisotopic (exact) mass is 500 g/mol. The van der Waals surface area contributed by atoms with Crippen LogP contribution in [0.5, 0.6) is 5.88 Å². The number of pyridine rings is 1.